The molecule has 2 saturated heterocycles. The first-order valence-electron chi connectivity index (χ1n) is 6.92. The molecule has 1 aromatic rings. The topological polar surface area (TPSA) is 6.48 Å². The standard InChI is InChI=1S/C15H22N2/c1-2-6-14(7-3-1)12-16-11-8-15(13-16)17-9-4-5-10-17/h1-3,6-7,15H,4-5,8-13H2/t15-/m0/s1. The third kappa shape index (κ3) is 2.70. The van der Waals surface area contributed by atoms with E-state index in [4.69, 9.17) is 0 Å². The van der Waals surface area contributed by atoms with Crippen LogP contribution in [0.2, 0.25) is 0 Å². The van der Waals surface area contributed by atoms with Gasteiger partial charge in [-0.2, -0.15) is 0 Å². The fourth-order valence-corrected chi connectivity index (χ4v) is 3.20. The van der Waals surface area contributed by atoms with Gasteiger partial charge in [0.15, 0.2) is 0 Å². The molecule has 2 heterocycles. The van der Waals surface area contributed by atoms with Crippen molar-refractivity contribution in [3.8, 4) is 0 Å². The molecule has 0 spiro atoms. The van der Waals surface area contributed by atoms with E-state index >= 15 is 0 Å². The average molecular weight is 230 g/mol. The van der Waals surface area contributed by atoms with E-state index < -0.39 is 0 Å². The van der Waals surface area contributed by atoms with Gasteiger partial charge in [-0.05, 0) is 37.9 Å². The molecule has 2 heteroatoms. The summed E-state index contributed by atoms with van der Waals surface area (Å²) in [7, 11) is 0. The van der Waals surface area contributed by atoms with Crippen molar-refractivity contribution >= 4 is 0 Å². The Kier molecular flexibility index (Phi) is 3.44. The van der Waals surface area contributed by atoms with E-state index in [0.29, 0.717) is 0 Å². The molecule has 0 aromatic heterocycles. The molecule has 1 aromatic carbocycles. The smallest absolute Gasteiger partial charge is 0.0235 e. The minimum Gasteiger partial charge on any atom is -0.299 e. The van der Waals surface area contributed by atoms with Gasteiger partial charge in [-0.25, -0.2) is 0 Å². The third-order valence-corrected chi connectivity index (χ3v) is 4.15. The lowest BCUT2D eigenvalue weighted by Gasteiger charge is -2.23. The molecule has 92 valence electrons. The van der Waals surface area contributed by atoms with Crippen molar-refractivity contribution in [2.45, 2.75) is 31.8 Å². The zero-order chi connectivity index (χ0) is 11.5. The van der Waals surface area contributed by atoms with Crippen molar-refractivity contribution < 1.29 is 0 Å². The molecule has 1 atom stereocenters. The highest BCUT2D eigenvalue weighted by Gasteiger charge is 2.28. The minimum absolute atomic E-state index is 0.834. The van der Waals surface area contributed by atoms with E-state index in [1.165, 1.54) is 51.0 Å². The Morgan fingerprint density at radius 2 is 1.76 bits per heavy atom. The van der Waals surface area contributed by atoms with Crippen LogP contribution in [-0.2, 0) is 6.54 Å². The maximum absolute atomic E-state index is 2.70. The van der Waals surface area contributed by atoms with Crippen LogP contribution in [-0.4, -0.2) is 42.0 Å². The fourth-order valence-electron chi connectivity index (χ4n) is 3.20. The summed E-state index contributed by atoms with van der Waals surface area (Å²) in [5.74, 6) is 0. The zero-order valence-corrected chi connectivity index (χ0v) is 10.5. The number of hydrogen-bond acceptors (Lipinski definition) is 2. The molecule has 3 rings (SSSR count). The first kappa shape index (κ1) is 11.2. The highest BCUT2D eigenvalue weighted by Crippen LogP contribution is 2.21. The predicted octanol–water partition coefficient (Wildman–Crippen LogP) is 2.36. The van der Waals surface area contributed by atoms with Crippen LogP contribution in [0.15, 0.2) is 30.3 Å². The zero-order valence-electron chi connectivity index (χ0n) is 10.5. The van der Waals surface area contributed by atoms with Gasteiger partial charge >= 0.3 is 0 Å². The molecule has 0 aliphatic carbocycles. The largest absolute Gasteiger partial charge is 0.299 e. The molecule has 17 heavy (non-hydrogen) atoms. The number of benzene rings is 1. The normalized spacial score (nSPS) is 26.7. The van der Waals surface area contributed by atoms with Gasteiger partial charge in [0.2, 0.25) is 0 Å². The van der Waals surface area contributed by atoms with Crippen LogP contribution in [0.1, 0.15) is 24.8 Å². The maximum Gasteiger partial charge on any atom is 0.0235 e. The van der Waals surface area contributed by atoms with Gasteiger partial charge in [0.25, 0.3) is 0 Å². The molecule has 2 aliphatic rings. The third-order valence-electron chi connectivity index (χ3n) is 4.15. The van der Waals surface area contributed by atoms with Crippen LogP contribution in [0.25, 0.3) is 0 Å². The summed E-state index contributed by atoms with van der Waals surface area (Å²) in [6.45, 7) is 6.35. The Balaban J connectivity index is 1.53. The summed E-state index contributed by atoms with van der Waals surface area (Å²) in [6.07, 6.45) is 4.19. The van der Waals surface area contributed by atoms with Crippen molar-refractivity contribution in [3.63, 3.8) is 0 Å². The summed E-state index contributed by atoms with van der Waals surface area (Å²) in [5, 5.41) is 0. The number of hydrogen-bond donors (Lipinski definition) is 0. The van der Waals surface area contributed by atoms with Gasteiger partial charge in [-0.1, -0.05) is 30.3 Å². The molecule has 0 unspecified atom stereocenters. The van der Waals surface area contributed by atoms with E-state index in [1.54, 1.807) is 0 Å². The van der Waals surface area contributed by atoms with Crippen molar-refractivity contribution in [2.24, 2.45) is 0 Å². The van der Waals surface area contributed by atoms with Crippen LogP contribution in [0.5, 0.6) is 0 Å². The lowest BCUT2D eigenvalue weighted by Crippen LogP contribution is -2.35. The van der Waals surface area contributed by atoms with Crippen molar-refractivity contribution in [3.05, 3.63) is 35.9 Å². The van der Waals surface area contributed by atoms with Gasteiger partial charge < -0.3 is 0 Å². The Morgan fingerprint density at radius 3 is 2.53 bits per heavy atom. The molecule has 0 bridgehead atoms. The summed E-state index contributed by atoms with van der Waals surface area (Å²) >= 11 is 0. The van der Waals surface area contributed by atoms with Crippen LogP contribution in [0, 0.1) is 0 Å². The van der Waals surface area contributed by atoms with Gasteiger partial charge in [0.1, 0.15) is 0 Å². The van der Waals surface area contributed by atoms with E-state index in [-0.39, 0.29) is 0 Å². The predicted molar refractivity (Wildman–Crippen MR) is 70.9 cm³/mol. The van der Waals surface area contributed by atoms with E-state index in [2.05, 4.69) is 40.1 Å². The quantitative estimate of drug-likeness (QED) is 0.786. The average Bonchev–Trinajstić information content (AvgIpc) is 3.00. The van der Waals surface area contributed by atoms with E-state index in [9.17, 15) is 0 Å². The molecule has 0 N–H and O–H groups in total. The van der Waals surface area contributed by atoms with E-state index in [0.717, 1.165) is 12.6 Å². The van der Waals surface area contributed by atoms with Gasteiger partial charge in [0.05, 0.1) is 0 Å². The molecule has 0 saturated carbocycles. The van der Waals surface area contributed by atoms with Crippen LogP contribution >= 0.6 is 0 Å². The molecule has 0 amide bonds. The molecular weight excluding hydrogens is 208 g/mol. The lowest BCUT2D eigenvalue weighted by atomic mass is 10.2. The first-order chi connectivity index (χ1) is 8.42. The number of rotatable bonds is 3. The monoisotopic (exact) mass is 230 g/mol. The Labute approximate surface area is 104 Å². The summed E-state index contributed by atoms with van der Waals surface area (Å²) < 4.78 is 0. The van der Waals surface area contributed by atoms with E-state index in [1.807, 2.05) is 0 Å². The molecule has 2 nitrogen and oxygen atoms in total. The SMILES string of the molecule is c1ccc(CN2CC[C@H](N3CCCC3)C2)cc1. The number of nitrogens with zero attached hydrogens (tertiary/aromatic N) is 2. The van der Waals surface area contributed by atoms with Gasteiger partial charge in [-0.15, -0.1) is 0 Å². The molecule has 2 fully saturated rings. The second-order valence-corrected chi connectivity index (χ2v) is 5.41. The lowest BCUT2D eigenvalue weighted by molar-refractivity contribution is 0.230. The van der Waals surface area contributed by atoms with Crippen LogP contribution in [0.4, 0.5) is 0 Å². The summed E-state index contributed by atoms with van der Waals surface area (Å²) in [4.78, 5) is 5.31. The summed E-state index contributed by atoms with van der Waals surface area (Å²) in [6, 6.07) is 11.7. The van der Waals surface area contributed by atoms with Gasteiger partial charge in [0, 0.05) is 25.7 Å². The molecule has 2 aliphatic heterocycles. The van der Waals surface area contributed by atoms with Crippen molar-refractivity contribution in [2.75, 3.05) is 26.2 Å². The second kappa shape index (κ2) is 5.19. The maximum atomic E-state index is 2.70. The Hall–Kier alpha value is -0.860. The van der Waals surface area contributed by atoms with Crippen molar-refractivity contribution in [1.29, 1.82) is 0 Å². The highest BCUT2D eigenvalue weighted by molar-refractivity contribution is 5.14. The van der Waals surface area contributed by atoms with Crippen LogP contribution < -0.4 is 0 Å². The Bertz CT molecular complexity index is 343. The van der Waals surface area contributed by atoms with Gasteiger partial charge in [-0.3, -0.25) is 9.80 Å². The molecule has 0 radical (unpaired) electrons. The molecular formula is C15H22N2. The minimum atomic E-state index is 0.834. The van der Waals surface area contributed by atoms with Crippen LogP contribution in [0.3, 0.4) is 0 Å². The summed E-state index contributed by atoms with van der Waals surface area (Å²) in [5.41, 5.74) is 1.45. The highest BCUT2D eigenvalue weighted by atomic mass is 15.3. The second-order valence-electron chi connectivity index (χ2n) is 5.41. The first-order valence-corrected chi connectivity index (χ1v) is 6.92. The number of likely N-dealkylation sites (tertiary alicyclic amines) is 2. The van der Waals surface area contributed by atoms with Crippen molar-refractivity contribution in [1.82, 2.24) is 9.80 Å². The fraction of sp³-hybridized carbons (Fsp3) is 0.600. The Morgan fingerprint density at radius 1 is 1.00 bits per heavy atom.